The highest BCUT2D eigenvalue weighted by molar-refractivity contribution is 9.10. The number of aryl methyl sites for hydroxylation is 1. The fourth-order valence-electron chi connectivity index (χ4n) is 5.80. The van der Waals surface area contributed by atoms with Gasteiger partial charge in [0.2, 0.25) is 16.6 Å². The van der Waals surface area contributed by atoms with Crippen LogP contribution in [0.3, 0.4) is 0 Å². The lowest BCUT2D eigenvalue weighted by Gasteiger charge is -2.16. The molecule has 0 aliphatic carbocycles. The van der Waals surface area contributed by atoms with E-state index >= 15 is 0 Å². The van der Waals surface area contributed by atoms with Crippen molar-refractivity contribution >= 4 is 65.4 Å². The number of carbonyl (C=O) groups excluding carboxylic acids is 2. The molecule has 2 aromatic carbocycles. The molecule has 1 amide bonds. The highest BCUT2D eigenvalue weighted by atomic mass is 79.9. The largest absolute Gasteiger partial charge is 0.340 e. The van der Waals surface area contributed by atoms with Crippen LogP contribution in [0.5, 0.6) is 0 Å². The predicted molar refractivity (Wildman–Crippen MR) is 209 cm³/mol. The van der Waals surface area contributed by atoms with Crippen LogP contribution in [0.4, 0.5) is 0 Å². The third-order valence-corrected chi connectivity index (χ3v) is 9.56. The molecule has 14 heteroatoms. The first kappa shape index (κ1) is 37.2. The van der Waals surface area contributed by atoms with Gasteiger partial charge >= 0.3 is 0 Å². The van der Waals surface area contributed by atoms with E-state index in [4.69, 9.17) is 4.84 Å². The lowest BCUT2D eigenvalue weighted by Crippen LogP contribution is -2.31. The Kier molecular flexibility index (Phi) is 11.2. The number of fused-ring (bicyclic) bond motifs is 2. The second kappa shape index (κ2) is 16.0. The van der Waals surface area contributed by atoms with E-state index in [9.17, 15) is 19.2 Å². The van der Waals surface area contributed by atoms with Crippen molar-refractivity contribution in [3.05, 3.63) is 167 Å². The molecule has 268 valence electrons. The van der Waals surface area contributed by atoms with E-state index in [1.54, 1.807) is 48.3 Å². The van der Waals surface area contributed by atoms with Gasteiger partial charge in [-0.15, -0.1) is 0 Å². The van der Waals surface area contributed by atoms with E-state index in [-0.39, 0.29) is 27.8 Å². The Balaban J connectivity index is 0.000000183. The van der Waals surface area contributed by atoms with E-state index in [2.05, 4.69) is 46.8 Å². The molecule has 7 rings (SSSR count). The first-order valence-corrected chi connectivity index (χ1v) is 17.9. The Hall–Kier alpha value is -5.57. The molecule has 0 saturated heterocycles. The normalized spacial score (nSPS) is 11.0. The molecule has 53 heavy (non-hydrogen) atoms. The average Bonchev–Trinajstić information content (AvgIpc) is 3.50. The van der Waals surface area contributed by atoms with Crippen molar-refractivity contribution in [2.24, 2.45) is 7.05 Å². The summed E-state index contributed by atoms with van der Waals surface area (Å²) in [5, 5.41) is 2.02. The van der Waals surface area contributed by atoms with Gasteiger partial charge in [-0.05, 0) is 87.3 Å². The monoisotopic (exact) mass is 837 g/mol. The molecule has 0 fully saturated rings. The van der Waals surface area contributed by atoms with Gasteiger partial charge in [0, 0.05) is 37.3 Å². The quantitative estimate of drug-likeness (QED) is 0.0987. The van der Waals surface area contributed by atoms with Crippen LogP contribution in [-0.4, -0.2) is 59.6 Å². The fourth-order valence-corrected chi connectivity index (χ4v) is 6.56. The van der Waals surface area contributed by atoms with Crippen molar-refractivity contribution in [3.8, 4) is 0 Å². The number of hydrogen-bond donors (Lipinski definition) is 0. The molecule has 7 aromatic rings. The van der Waals surface area contributed by atoms with Crippen molar-refractivity contribution in [2.45, 2.75) is 20.0 Å². The minimum atomic E-state index is -0.491. The number of benzene rings is 2. The summed E-state index contributed by atoms with van der Waals surface area (Å²) in [6.07, 6.45) is 4.69. The highest BCUT2D eigenvalue weighted by Crippen LogP contribution is 2.18. The molecule has 0 radical (unpaired) electrons. The van der Waals surface area contributed by atoms with Crippen LogP contribution < -0.4 is 10.9 Å². The van der Waals surface area contributed by atoms with Crippen molar-refractivity contribution in [3.63, 3.8) is 0 Å². The van der Waals surface area contributed by atoms with Gasteiger partial charge in [-0.1, -0.05) is 36.4 Å². The van der Waals surface area contributed by atoms with Crippen LogP contribution in [-0.2, 0) is 25.0 Å². The van der Waals surface area contributed by atoms with Gasteiger partial charge in [-0.25, -0.2) is 20.0 Å². The summed E-state index contributed by atoms with van der Waals surface area (Å²) in [7, 11) is 4.61. The van der Waals surface area contributed by atoms with Crippen molar-refractivity contribution < 1.29 is 14.4 Å². The SMILES string of the molecule is CON(C)C(=O)c1cn(Cc2cccc(Br)n2)c2ccccc2c1=O.Cc1ncc(C(=O)c2cn(Cc3cccc(Br)n3)c3ccccc3c2=O)n1C. The Bertz CT molecular complexity index is 2630. The van der Waals surface area contributed by atoms with Gasteiger partial charge < -0.3 is 13.7 Å². The number of hydrogen-bond acceptors (Lipinski definition) is 8. The number of ketones is 1. The summed E-state index contributed by atoms with van der Waals surface area (Å²) in [6, 6.07) is 25.8. The molecule has 0 saturated carbocycles. The number of carbonyl (C=O) groups is 2. The Morgan fingerprint density at radius 1 is 0.736 bits per heavy atom. The van der Waals surface area contributed by atoms with Crippen LogP contribution in [0, 0.1) is 6.92 Å². The third kappa shape index (κ3) is 7.94. The van der Waals surface area contributed by atoms with E-state index < -0.39 is 5.91 Å². The van der Waals surface area contributed by atoms with E-state index in [0.717, 1.165) is 36.7 Å². The molecule has 12 nitrogen and oxygen atoms in total. The molecule has 0 spiro atoms. The number of aromatic nitrogens is 6. The highest BCUT2D eigenvalue weighted by Gasteiger charge is 2.21. The Morgan fingerprint density at radius 2 is 1.23 bits per heavy atom. The van der Waals surface area contributed by atoms with Crippen LogP contribution >= 0.6 is 31.9 Å². The van der Waals surface area contributed by atoms with Gasteiger partial charge in [0.05, 0.1) is 54.4 Å². The maximum absolute atomic E-state index is 13.1. The average molecular weight is 840 g/mol. The summed E-state index contributed by atoms with van der Waals surface area (Å²) >= 11 is 6.74. The molecule has 0 aliphatic heterocycles. The maximum atomic E-state index is 13.1. The number of hydroxylamine groups is 2. The number of para-hydroxylation sites is 2. The summed E-state index contributed by atoms with van der Waals surface area (Å²) in [5.74, 6) is -0.119. The number of halogens is 2. The molecule has 5 heterocycles. The van der Waals surface area contributed by atoms with Crippen molar-refractivity contribution in [1.82, 2.24) is 33.7 Å². The zero-order valence-corrected chi connectivity index (χ0v) is 32.3. The standard InChI is InChI=1S/C21H17BrN4O2.C18H16BrN3O3/c1-13-23-10-18(25(13)2)21(28)16-12-26(11-14-6-5-9-19(22)24-14)17-8-4-3-7-15(17)20(16)27;1-21(25-2)18(24)14-11-22(10-12-6-5-9-16(19)20-12)15-8-4-3-7-13(15)17(14)23/h3-10,12H,11H2,1-2H3;3-9,11H,10H2,1-2H3. The number of rotatable bonds is 8. The summed E-state index contributed by atoms with van der Waals surface area (Å²) < 4.78 is 6.89. The Morgan fingerprint density at radius 3 is 1.70 bits per heavy atom. The minimum absolute atomic E-state index is 0.0537. The topological polar surface area (TPSA) is 134 Å². The molecule has 0 N–H and O–H groups in total. The van der Waals surface area contributed by atoms with Gasteiger partial charge in [0.25, 0.3) is 5.91 Å². The number of pyridine rings is 4. The smallest absolute Gasteiger partial charge is 0.282 e. The van der Waals surface area contributed by atoms with Crippen molar-refractivity contribution in [2.75, 3.05) is 14.2 Å². The second-order valence-electron chi connectivity index (χ2n) is 12.0. The van der Waals surface area contributed by atoms with E-state index in [1.165, 1.54) is 20.4 Å². The van der Waals surface area contributed by atoms with Gasteiger partial charge in [-0.3, -0.25) is 24.0 Å². The zero-order chi connectivity index (χ0) is 37.8. The van der Waals surface area contributed by atoms with Crippen molar-refractivity contribution in [1.29, 1.82) is 0 Å². The maximum Gasteiger partial charge on any atom is 0.282 e. The predicted octanol–water partition coefficient (Wildman–Crippen LogP) is 6.32. The molecule has 0 bridgehead atoms. The van der Waals surface area contributed by atoms with Crippen LogP contribution in [0.2, 0.25) is 0 Å². The number of amides is 1. The Labute approximate surface area is 320 Å². The van der Waals surface area contributed by atoms with Crippen LogP contribution in [0.1, 0.15) is 43.6 Å². The second-order valence-corrected chi connectivity index (χ2v) is 13.6. The summed E-state index contributed by atoms with van der Waals surface area (Å²) in [5.41, 5.74) is 3.09. The van der Waals surface area contributed by atoms with Gasteiger partial charge in [0.15, 0.2) is 0 Å². The summed E-state index contributed by atoms with van der Waals surface area (Å²) in [6.45, 7) is 2.68. The van der Waals surface area contributed by atoms with Gasteiger partial charge in [-0.2, -0.15) is 0 Å². The third-order valence-electron chi connectivity index (χ3n) is 8.67. The molecule has 0 unspecified atom stereocenters. The van der Waals surface area contributed by atoms with Crippen LogP contribution in [0.25, 0.3) is 21.8 Å². The molecule has 5 aromatic heterocycles. The molecule has 0 atom stereocenters. The number of imidazole rings is 1. The molecule has 0 aliphatic rings. The minimum Gasteiger partial charge on any atom is -0.340 e. The van der Waals surface area contributed by atoms with E-state index in [0.29, 0.717) is 35.4 Å². The fraction of sp³-hybridized carbons (Fsp3) is 0.154. The first-order chi connectivity index (χ1) is 25.5. The molecular weight excluding hydrogens is 806 g/mol. The number of nitrogens with zero attached hydrogens (tertiary/aromatic N) is 7. The lowest BCUT2D eigenvalue weighted by atomic mass is 10.1. The first-order valence-electron chi connectivity index (χ1n) is 16.3. The lowest BCUT2D eigenvalue weighted by molar-refractivity contribution is -0.0758. The van der Waals surface area contributed by atoms with E-state index in [1.807, 2.05) is 76.7 Å². The summed E-state index contributed by atoms with van der Waals surface area (Å²) in [4.78, 5) is 69.3. The van der Waals surface area contributed by atoms with Gasteiger partial charge in [0.1, 0.15) is 26.3 Å². The van der Waals surface area contributed by atoms with Crippen LogP contribution in [0.15, 0.2) is 122 Å². The zero-order valence-electron chi connectivity index (χ0n) is 29.2. The molecular formula is C39H33Br2N7O5.